The van der Waals surface area contributed by atoms with Crippen molar-refractivity contribution in [3.8, 4) is 0 Å². The van der Waals surface area contributed by atoms with Crippen LogP contribution < -0.4 is 11.2 Å². The minimum atomic E-state index is -0.454. The van der Waals surface area contributed by atoms with Crippen molar-refractivity contribution in [2.45, 2.75) is 38.4 Å². The molecule has 1 aliphatic heterocycles. The van der Waals surface area contributed by atoms with Gasteiger partial charge in [-0.15, -0.1) is 0 Å². The van der Waals surface area contributed by atoms with Gasteiger partial charge in [0.25, 0.3) is 5.56 Å². The van der Waals surface area contributed by atoms with Crippen LogP contribution in [0.2, 0.25) is 0 Å². The average molecular weight is 278 g/mol. The SMILES string of the molecule is CC1CCCC(c2nc3c(c(=O)[nH]c(=O)n3C)n2C)O1. The summed E-state index contributed by atoms with van der Waals surface area (Å²) in [6.07, 6.45) is 3.07. The third-order valence-corrected chi connectivity index (χ3v) is 3.93. The van der Waals surface area contributed by atoms with Crippen LogP contribution in [0.5, 0.6) is 0 Å². The predicted molar refractivity (Wildman–Crippen MR) is 73.7 cm³/mol. The Labute approximate surface area is 115 Å². The maximum atomic E-state index is 12.0. The Kier molecular flexibility index (Phi) is 3.01. The number of aromatic amines is 1. The second-order valence-electron chi connectivity index (χ2n) is 5.39. The average Bonchev–Trinajstić information content (AvgIpc) is 2.74. The minimum Gasteiger partial charge on any atom is -0.367 e. The summed E-state index contributed by atoms with van der Waals surface area (Å²) in [4.78, 5) is 30.4. The summed E-state index contributed by atoms with van der Waals surface area (Å²) >= 11 is 0. The normalized spacial score (nSPS) is 23.4. The number of fused-ring (bicyclic) bond motifs is 1. The van der Waals surface area contributed by atoms with Crippen molar-refractivity contribution in [2.24, 2.45) is 14.1 Å². The van der Waals surface area contributed by atoms with Gasteiger partial charge in [0.1, 0.15) is 11.9 Å². The Morgan fingerprint density at radius 2 is 2.00 bits per heavy atom. The van der Waals surface area contributed by atoms with Gasteiger partial charge >= 0.3 is 5.69 Å². The number of aryl methyl sites for hydroxylation is 2. The quantitative estimate of drug-likeness (QED) is 0.827. The van der Waals surface area contributed by atoms with Crippen LogP contribution in [0, 0.1) is 0 Å². The Bertz CT molecular complexity index is 770. The number of H-pyrrole nitrogens is 1. The lowest BCUT2D eigenvalue weighted by Gasteiger charge is -2.27. The van der Waals surface area contributed by atoms with Gasteiger partial charge < -0.3 is 9.30 Å². The second kappa shape index (κ2) is 4.59. The van der Waals surface area contributed by atoms with Crippen LogP contribution in [-0.2, 0) is 18.8 Å². The zero-order valence-electron chi connectivity index (χ0n) is 11.8. The fraction of sp³-hybridized carbons (Fsp3) is 0.615. The molecule has 1 aliphatic rings. The second-order valence-corrected chi connectivity index (χ2v) is 5.39. The molecule has 1 N–H and O–H groups in total. The number of imidazole rings is 1. The molecule has 0 aromatic carbocycles. The topological polar surface area (TPSA) is 81.9 Å². The van der Waals surface area contributed by atoms with Gasteiger partial charge in [0.15, 0.2) is 11.2 Å². The summed E-state index contributed by atoms with van der Waals surface area (Å²) in [6.45, 7) is 2.04. The van der Waals surface area contributed by atoms with E-state index in [0.29, 0.717) is 17.0 Å². The highest BCUT2D eigenvalue weighted by atomic mass is 16.5. The molecule has 20 heavy (non-hydrogen) atoms. The standard InChI is InChI=1S/C13H18N4O3/c1-7-5-4-6-8(20-7)10-14-11-9(16(10)2)12(18)15-13(19)17(11)3/h7-8H,4-6H2,1-3H3,(H,15,18,19). The van der Waals surface area contributed by atoms with E-state index in [1.54, 1.807) is 18.7 Å². The minimum absolute atomic E-state index is 0.120. The molecule has 0 spiro atoms. The van der Waals surface area contributed by atoms with E-state index in [1.807, 2.05) is 6.92 Å². The first-order valence-corrected chi connectivity index (χ1v) is 6.80. The van der Waals surface area contributed by atoms with Crippen molar-refractivity contribution in [1.29, 1.82) is 0 Å². The fourth-order valence-corrected chi connectivity index (χ4v) is 2.81. The summed E-state index contributed by atoms with van der Waals surface area (Å²) in [7, 11) is 3.38. The molecule has 108 valence electrons. The number of hydrogen-bond donors (Lipinski definition) is 1. The summed E-state index contributed by atoms with van der Waals surface area (Å²) in [5.74, 6) is 0.707. The molecule has 2 aromatic rings. The van der Waals surface area contributed by atoms with E-state index in [-0.39, 0.29) is 12.2 Å². The number of ether oxygens (including phenoxy) is 1. The Balaban J connectivity index is 2.21. The monoisotopic (exact) mass is 278 g/mol. The molecular weight excluding hydrogens is 260 g/mol. The molecule has 2 unspecified atom stereocenters. The smallest absolute Gasteiger partial charge is 0.329 e. The molecule has 3 heterocycles. The van der Waals surface area contributed by atoms with Crippen molar-refractivity contribution in [3.05, 3.63) is 26.7 Å². The number of nitrogens with zero attached hydrogens (tertiary/aromatic N) is 3. The molecule has 0 aliphatic carbocycles. The molecule has 0 radical (unpaired) electrons. The third-order valence-electron chi connectivity index (χ3n) is 3.93. The van der Waals surface area contributed by atoms with Gasteiger partial charge in [-0.05, 0) is 26.2 Å². The van der Waals surface area contributed by atoms with Crippen LogP contribution in [0.4, 0.5) is 0 Å². The molecule has 1 fully saturated rings. The van der Waals surface area contributed by atoms with Gasteiger partial charge in [-0.2, -0.15) is 0 Å². The third kappa shape index (κ3) is 1.89. The van der Waals surface area contributed by atoms with E-state index < -0.39 is 11.2 Å². The Hall–Kier alpha value is -1.89. The van der Waals surface area contributed by atoms with Crippen LogP contribution in [0.1, 0.15) is 38.1 Å². The zero-order chi connectivity index (χ0) is 14.4. The highest BCUT2D eigenvalue weighted by molar-refractivity contribution is 5.70. The first kappa shape index (κ1) is 13.1. The van der Waals surface area contributed by atoms with E-state index in [0.717, 1.165) is 19.3 Å². The first-order chi connectivity index (χ1) is 9.49. The van der Waals surface area contributed by atoms with Gasteiger partial charge in [-0.1, -0.05) is 0 Å². The van der Waals surface area contributed by atoms with E-state index >= 15 is 0 Å². The Morgan fingerprint density at radius 3 is 2.70 bits per heavy atom. The van der Waals surface area contributed by atoms with E-state index in [4.69, 9.17) is 4.74 Å². The van der Waals surface area contributed by atoms with Crippen LogP contribution in [0.3, 0.4) is 0 Å². The fourth-order valence-electron chi connectivity index (χ4n) is 2.81. The van der Waals surface area contributed by atoms with E-state index in [9.17, 15) is 9.59 Å². The van der Waals surface area contributed by atoms with Gasteiger partial charge in [-0.25, -0.2) is 9.78 Å². The van der Waals surface area contributed by atoms with Gasteiger partial charge in [-0.3, -0.25) is 14.3 Å². The summed E-state index contributed by atoms with van der Waals surface area (Å²) in [5, 5.41) is 0. The summed E-state index contributed by atoms with van der Waals surface area (Å²) < 4.78 is 9.00. The van der Waals surface area contributed by atoms with E-state index in [1.165, 1.54) is 4.57 Å². The summed E-state index contributed by atoms with van der Waals surface area (Å²) in [5.41, 5.74) is -0.0553. The molecular formula is C13H18N4O3. The molecule has 7 heteroatoms. The van der Waals surface area contributed by atoms with Gasteiger partial charge in [0, 0.05) is 14.1 Å². The molecule has 2 aromatic heterocycles. The number of nitrogens with one attached hydrogen (secondary N) is 1. The number of aromatic nitrogens is 4. The first-order valence-electron chi connectivity index (χ1n) is 6.80. The van der Waals surface area contributed by atoms with Crippen LogP contribution in [0.15, 0.2) is 9.59 Å². The van der Waals surface area contributed by atoms with Crippen molar-refractivity contribution >= 4 is 11.2 Å². The van der Waals surface area contributed by atoms with Crippen LogP contribution in [-0.4, -0.2) is 25.2 Å². The number of rotatable bonds is 1. The molecule has 0 bridgehead atoms. The maximum absolute atomic E-state index is 12.0. The van der Waals surface area contributed by atoms with Crippen molar-refractivity contribution in [2.75, 3.05) is 0 Å². The maximum Gasteiger partial charge on any atom is 0.329 e. The van der Waals surface area contributed by atoms with Crippen molar-refractivity contribution in [1.82, 2.24) is 19.1 Å². The highest BCUT2D eigenvalue weighted by Crippen LogP contribution is 2.31. The van der Waals surface area contributed by atoms with Crippen LogP contribution >= 0.6 is 0 Å². The molecule has 1 saturated heterocycles. The lowest BCUT2D eigenvalue weighted by Crippen LogP contribution is -2.29. The van der Waals surface area contributed by atoms with Crippen molar-refractivity contribution < 1.29 is 4.74 Å². The van der Waals surface area contributed by atoms with Gasteiger partial charge in [0.05, 0.1) is 6.10 Å². The predicted octanol–water partition coefficient (Wildman–Crippen LogP) is 0.590. The molecule has 0 saturated carbocycles. The zero-order valence-corrected chi connectivity index (χ0v) is 11.8. The lowest BCUT2D eigenvalue weighted by atomic mass is 10.0. The van der Waals surface area contributed by atoms with Crippen LogP contribution in [0.25, 0.3) is 11.2 Å². The highest BCUT2D eigenvalue weighted by Gasteiger charge is 2.26. The molecule has 3 rings (SSSR count). The Morgan fingerprint density at radius 1 is 1.25 bits per heavy atom. The van der Waals surface area contributed by atoms with Gasteiger partial charge in [0.2, 0.25) is 0 Å². The summed E-state index contributed by atoms with van der Waals surface area (Å²) in [6, 6.07) is 0. The molecule has 7 nitrogen and oxygen atoms in total. The largest absolute Gasteiger partial charge is 0.367 e. The van der Waals surface area contributed by atoms with Crippen molar-refractivity contribution in [3.63, 3.8) is 0 Å². The lowest BCUT2D eigenvalue weighted by molar-refractivity contribution is -0.0468. The van der Waals surface area contributed by atoms with E-state index in [2.05, 4.69) is 9.97 Å². The molecule has 0 amide bonds. The number of hydrogen-bond acceptors (Lipinski definition) is 4. The molecule has 2 atom stereocenters.